The highest BCUT2D eigenvalue weighted by molar-refractivity contribution is 9.10. The summed E-state index contributed by atoms with van der Waals surface area (Å²) >= 11 is 3.34. The summed E-state index contributed by atoms with van der Waals surface area (Å²) in [7, 11) is 0. The molecule has 1 atom stereocenters. The highest BCUT2D eigenvalue weighted by atomic mass is 79.9. The third kappa shape index (κ3) is 3.08. The molecule has 0 bridgehead atoms. The Bertz CT molecular complexity index is 320. The van der Waals surface area contributed by atoms with Gasteiger partial charge in [-0.1, -0.05) is 33.8 Å². The Morgan fingerprint density at radius 1 is 1.50 bits per heavy atom. The summed E-state index contributed by atoms with van der Waals surface area (Å²) in [4.78, 5) is 0. The number of aliphatic hydroxyl groups is 1. The topological polar surface area (TPSA) is 20.2 Å². The van der Waals surface area contributed by atoms with Crippen LogP contribution in [0, 0.1) is 11.8 Å². The zero-order chi connectivity index (χ0) is 8.97. The molecule has 0 amide bonds. The number of rotatable bonds is 0. The average Bonchev–Trinajstić information content (AvgIpc) is 2.01. The van der Waals surface area contributed by atoms with Gasteiger partial charge in [0.1, 0.15) is 6.10 Å². The van der Waals surface area contributed by atoms with Crippen LogP contribution in [0.1, 0.15) is 12.5 Å². The number of halogens is 1. The molecule has 1 rings (SSSR count). The van der Waals surface area contributed by atoms with E-state index in [1.54, 1.807) is 6.92 Å². The van der Waals surface area contributed by atoms with E-state index in [1.165, 1.54) is 0 Å². The van der Waals surface area contributed by atoms with Crippen molar-refractivity contribution in [1.82, 2.24) is 0 Å². The van der Waals surface area contributed by atoms with E-state index in [9.17, 15) is 0 Å². The Labute approximate surface area is 80.6 Å². The zero-order valence-electron chi connectivity index (χ0n) is 6.71. The van der Waals surface area contributed by atoms with Gasteiger partial charge >= 0.3 is 0 Å². The van der Waals surface area contributed by atoms with Crippen LogP contribution in [-0.2, 0) is 0 Å². The molecule has 0 radical (unpaired) electrons. The van der Waals surface area contributed by atoms with Crippen LogP contribution in [0.3, 0.4) is 0 Å². The van der Waals surface area contributed by atoms with Gasteiger partial charge in [-0.15, -0.1) is 0 Å². The monoisotopic (exact) mass is 224 g/mol. The minimum Gasteiger partial charge on any atom is -0.381 e. The van der Waals surface area contributed by atoms with Gasteiger partial charge in [-0.2, -0.15) is 0 Å². The van der Waals surface area contributed by atoms with Gasteiger partial charge < -0.3 is 5.11 Å². The Balaban J connectivity index is 2.85. The summed E-state index contributed by atoms with van der Waals surface area (Å²) in [6, 6.07) is 7.67. The number of hydrogen-bond donors (Lipinski definition) is 1. The number of aliphatic hydroxyl groups excluding tert-OH is 1. The molecule has 62 valence electrons. The largest absolute Gasteiger partial charge is 0.381 e. The molecule has 0 saturated carbocycles. The molecule has 2 heteroatoms. The van der Waals surface area contributed by atoms with Gasteiger partial charge in [0.2, 0.25) is 0 Å². The molecule has 0 saturated heterocycles. The summed E-state index contributed by atoms with van der Waals surface area (Å²) in [6.07, 6.45) is -0.566. The van der Waals surface area contributed by atoms with Gasteiger partial charge in [-0.25, -0.2) is 0 Å². The molecule has 12 heavy (non-hydrogen) atoms. The summed E-state index contributed by atoms with van der Waals surface area (Å²) in [5.41, 5.74) is 0.908. The fourth-order valence-electron chi connectivity index (χ4n) is 0.754. The maximum absolute atomic E-state index is 8.90. The summed E-state index contributed by atoms with van der Waals surface area (Å²) in [6.45, 7) is 1.64. The molecule has 0 aliphatic rings. The molecule has 0 aromatic heterocycles. The first kappa shape index (κ1) is 9.31. The van der Waals surface area contributed by atoms with Crippen molar-refractivity contribution in [3.05, 3.63) is 34.3 Å². The maximum Gasteiger partial charge on any atom is 0.112 e. The first-order valence-electron chi connectivity index (χ1n) is 3.63. The molecule has 1 N–H and O–H groups in total. The van der Waals surface area contributed by atoms with Crippen LogP contribution in [0.2, 0.25) is 0 Å². The summed E-state index contributed by atoms with van der Waals surface area (Å²) in [5, 5.41) is 8.90. The normalized spacial score (nSPS) is 11.6. The lowest BCUT2D eigenvalue weighted by atomic mass is 10.2. The predicted molar refractivity (Wildman–Crippen MR) is 52.7 cm³/mol. The number of hydrogen-bond acceptors (Lipinski definition) is 1. The van der Waals surface area contributed by atoms with Crippen molar-refractivity contribution in [2.24, 2.45) is 0 Å². The van der Waals surface area contributed by atoms with E-state index in [2.05, 4.69) is 27.8 Å². The van der Waals surface area contributed by atoms with E-state index in [0.717, 1.165) is 10.0 Å². The lowest BCUT2D eigenvalue weighted by Gasteiger charge is -1.91. The van der Waals surface area contributed by atoms with Gasteiger partial charge in [0.25, 0.3) is 0 Å². The van der Waals surface area contributed by atoms with E-state index >= 15 is 0 Å². The fraction of sp³-hybridized carbons (Fsp3) is 0.200. The smallest absolute Gasteiger partial charge is 0.112 e. The Kier molecular flexibility index (Phi) is 3.33. The van der Waals surface area contributed by atoms with Crippen LogP contribution in [0.25, 0.3) is 0 Å². The van der Waals surface area contributed by atoms with Crippen LogP contribution in [0.15, 0.2) is 28.7 Å². The van der Waals surface area contributed by atoms with Crippen molar-refractivity contribution >= 4 is 15.9 Å². The van der Waals surface area contributed by atoms with Crippen molar-refractivity contribution in [2.75, 3.05) is 0 Å². The third-order valence-corrected chi connectivity index (χ3v) is 1.74. The van der Waals surface area contributed by atoms with E-state index in [-0.39, 0.29) is 0 Å². The molecule has 1 nitrogen and oxygen atoms in total. The second-order valence-electron chi connectivity index (χ2n) is 2.46. The molecule has 0 aliphatic heterocycles. The quantitative estimate of drug-likeness (QED) is 0.671. The van der Waals surface area contributed by atoms with E-state index in [0.29, 0.717) is 0 Å². The zero-order valence-corrected chi connectivity index (χ0v) is 8.30. The van der Waals surface area contributed by atoms with Crippen molar-refractivity contribution in [3.8, 4) is 11.8 Å². The fourth-order valence-corrected chi connectivity index (χ4v) is 1.15. The van der Waals surface area contributed by atoms with Crippen LogP contribution in [0.5, 0.6) is 0 Å². The minimum absolute atomic E-state index is 0.566. The molecule has 0 aliphatic carbocycles. The second-order valence-corrected chi connectivity index (χ2v) is 3.37. The van der Waals surface area contributed by atoms with Crippen LogP contribution < -0.4 is 0 Å². The van der Waals surface area contributed by atoms with Crippen LogP contribution in [-0.4, -0.2) is 11.2 Å². The Hall–Kier alpha value is -0.780. The summed E-state index contributed by atoms with van der Waals surface area (Å²) < 4.78 is 1.000. The molecular weight excluding hydrogens is 216 g/mol. The van der Waals surface area contributed by atoms with Gasteiger partial charge in [-0.3, -0.25) is 0 Å². The van der Waals surface area contributed by atoms with Gasteiger partial charge in [0.15, 0.2) is 0 Å². The first-order valence-corrected chi connectivity index (χ1v) is 4.43. The molecule has 1 aromatic carbocycles. The highest BCUT2D eigenvalue weighted by Gasteiger charge is 1.88. The van der Waals surface area contributed by atoms with Gasteiger partial charge in [0.05, 0.1) is 0 Å². The van der Waals surface area contributed by atoms with Gasteiger partial charge in [0, 0.05) is 10.0 Å². The SMILES string of the molecule is C[C@@H](O)C#Cc1cccc(Br)c1. The average molecular weight is 225 g/mol. The van der Waals surface area contributed by atoms with Crippen LogP contribution in [0.4, 0.5) is 0 Å². The second kappa shape index (κ2) is 4.30. The molecule has 0 unspecified atom stereocenters. The first-order chi connectivity index (χ1) is 5.68. The molecule has 1 aromatic rings. The Morgan fingerprint density at radius 2 is 2.25 bits per heavy atom. The van der Waals surface area contributed by atoms with Crippen molar-refractivity contribution in [1.29, 1.82) is 0 Å². The van der Waals surface area contributed by atoms with E-state index in [1.807, 2.05) is 24.3 Å². The van der Waals surface area contributed by atoms with Crippen molar-refractivity contribution in [2.45, 2.75) is 13.0 Å². The minimum atomic E-state index is -0.566. The van der Waals surface area contributed by atoms with Crippen molar-refractivity contribution in [3.63, 3.8) is 0 Å². The van der Waals surface area contributed by atoms with E-state index in [4.69, 9.17) is 5.11 Å². The van der Waals surface area contributed by atoms with E-state index < -0.39 is 6.10 Å². The lowest BCUT2D eigenvalue weighted by Crippen LogP contribution is -1.92. The molecular formula is C10H9BrO. The van der Waals surface area contributed by atoms with Crippen molar-refractivity contribution < 1.29 is 5.11 Å². The molecule has 0 spiro atoms. The maximum atomic E-state index is 8.90. The van der Waals surface area contributed by atoms with Gasteiger partial charge in [-0.05, 0) is 25.1 Å². The third-order valence-electron chi connectivity index (χ3n) is 1.25. The highest BCUT2D eigenvalue weighted by Crippen LogP contribution is 2.10. The summed E-state index contributed by atoms with van der Waals surface area (Å²) in [5.74, 6) is 5.53. The lowest BCUT2D eigenvalue weighted by molar-refractivity contribution is 0.253. The predicted octanol–water partition coefficient (Wildman–Crippen LogP) is 2.18. The molecule has 0 heterocycles. The molecule has 0 fully saturated rings. The number of benzene rings is 1. The Morgan fingerprint density at radius 3 is 2.83 bits per heavy atom. The van der Waals surface area contributed by atoms with Crippen LogP contribution >= 0.6 is 15.9 Å². The standard InChI is InChI=1S/C10H9BrO/c1-8(12)5-6-9-3-2-4-10(11)7-9/h2-4,7-8,12H,1H3/t8-/m1/s1.